The highest BCUT2D eigenvalue weighted by Gasteiger charge is 2.32. The van der Waals surface area contributed by atoms with Gasteiger partial charge >= 0.3 is 12.3 Å². The molecule has 0 radical (unpaired) electrons. The number of hydrogen-bond acceptors (Lipinski definition) is 4. The highest BCUT2D eigenvalue weighted by molar-refractivity contribution is 9.10. The van der Waals surface area contributed by atoms with Crippen LogP contribution in [-0.2, 0) is 9.53 Å². The van der Waals surface area contributed by atoms with E-state index in [9.17, 15) is 22.8 Å². The van der Waals surface area contributed by atoms with Crippen LogP contribution < -0.4 is 10.1 Å². The van der Waals surface area contributed by atoms with Crippen molar-refractivity contribution >= 4 is 27.8 Å². The molecule has 122 valence electrons. The third kappa shape index (κ3) is 5.53. The minimum Gasteiger partial charge on any atom is -0.480 e. The van der Waals surface area contributed by atoms with Crippen molar-refractivity contribution < 1.29 is 37.3 Å². The second-order valence-electron chi connectivity index (χ2n) is 4.01. The fourth-order valence-corrected chi connectivity index (χ4v) is 1.76. The lowest BCUT2D eigenvalue weighted by Crippen LogP contribution is -2.43. The summed E-state index contributed by atoms with van der Waals surface area (Å²) in [5.74, 6) is -2.82. The van der Waals surface area contributed by atoms with E-state index in [1.807, 2.05) is 0 Å². The Morgan fingerprint density at radius 2 is 2.05 bits per heavy atom. The van der Waals surface area contributed by atoms with Crippen molar-refractivity contribution in [3.63, 3.8) is 0 Å². The second kappa shape index (κ2) is 7.45. The van der Waals surface area contributed by atoms with Gasteiger partial charge in [0.2, 0.25) is 0 Å². The zero-order valence-electron chi connectivity index (χ0n) is 11.1. The monoisotopic (exact) mass is 385 g/mol. The standard InChI is InChI=1S/C12H11BrF3NO5/c1-21-5-8(11(19)20)17-10(18)6-2-3-7(13)9(4-6)22-12(14,15)16/h2-4,8H,5H2,1H3,(H,17,18)(H,19,20). The summed E-state index contributed by atoms with van der Waals surface area (Å²) in [6, 6.07) is 1.92. The van der Waals surface area contributed by atoms with E-state index >= 15 is 0 Å². The van der Waals surface area contributed by atoms with Crippen LogP contribution in [0.1, 0.15) is 10.4 Å². The smallest absolute Gasteiger partial charge is 0.480 e. The predicted molar refractivity (Wildman–Crippen MR) is 71.6 cm³/mol. The van der Waals surface area contributed by atoms with Crippen LogP contribution in [0.15, 0.2) is 22.7 Å². The number of hydrogen-bond donors (Lipinski definition) is 2. The van der Waals surface area contributed by atoms with E-state index in [0.717, 1.165) is 6.07 Å². The van der Waals surface area contributed by atoms with Gasteiger partial charge in [-0.3, -0.25) is 4.79 Å². The first-order valence-corrected chi connectivity index (χ1v) is 6.51. The summed E-state index contributed by atoms with van der Waals surface area (Å²) in [6.07, 6.45) is -4.92. The van der Waals surface area contributed by atoms with E-state index in [4.69, 9.17) is 5.11 Å². The number of aliphatic carboxylic acids is 1. The number of carbonyl (C=O) groups is 2. The van der Waals surface area contributed by atoms with Crippen molar-refractivity contribution in [2.45, 2.75) is 12.4 Å². The summed E-state index contributed by atoms with van der Waals surface area (Å²) < 4.78 is 45.1. The molecule has 0 fully saturated rings. The first-order valence-electron chi connectivity index (χ1n) is 5.72. The normalized spacial score (nSPS) is 12.6. The number of carboxylic acid groups (broad SMARTS) is 1. The molecule has 0 heterocycles. The Labute approximate surface area is 131 Å². The maximum Gasteiger partial charge on any atom is 0.573 e. The molecule has 1 amide bonds. The van der Waals surface area contributed by atoms with Gasteiger partial charge in [0.25, 0.3) is 5.91 Å². The summed E-state index contributed by atoms with van der Waals surface area (Å²) in [7, 11) is 1.25. The number of alkyl halides is 3. The van der Waals surface area contributed by atoms with Crippen LogP contribution in [0.4, 0.5) is 13.2 Å². The van der Waals surface area contributed by atoms with E-state index in [-0.39, 0.29) is 16.6 Å². The van der Waals surface area contributed by atoms with Gasteiger partial charge in [-0.1, -0.05) is 0 Å². The average molecular weight is 386 g/mol. The first-order chi connectivity index (χ1) is 10.1. The zero-order valence-corrected chi connectivity index (χ0v) is 12.7. The lowest BCUT2D eigenvalue weighted by Gasteiger charge is -2.15. The van der Waals surface area contributed by atoms with Gasteiger partial charge in [0, 0.05) is 12.7 Å². The van der Waals surface area contributed by atoms with E-state index in [2.05, 4.69) is 30.7 Å². The number of rotatable bonds is 6. The number of carbonyl (C=O) groups excluding carboxylic acids is 1. The largest absolute Gasteiger partial charge is 0.573 e. The molecule has 0 saturated heterocycles. The number of ether oxygens (including phenoxy) is 2. The number of benzene rings is 1. The van der Waals surface area contributed by atoms with Crippen molar-refractivity contribution in [2.24, 2.45) is 0 Å². The van der Waals surface area contributed by atoms with Gasteiger partial charge < -0.3 is 19.9 Å². The number of methoxy groups -OCH3 is 1. The van der Waals surface area contributed by atoms with Gasteiger partial charge in [-0.2, -0.15) is 0 Å². The number of amides is 1. The van der Waals surface area contributed by atoms with Crippen molar-refractivity contribution in [1.29, 1.82) is 0 Å². The molecule has 0 saturated carbocycles. The van der Waals surface area contributed by atoms with Crippen LogP contribution in [0.2, 0.25) is 0 Å². The van der Waals surface area contributed by atoms with E-state index in [1.54, 1.807) is 0 Å². The molecule has 1 rings (SSSR count). The average Bonchev–Trinajstić information content (AvgIpc) is 2.39. The Morgan fingerprint density at radius 1 is 1.41 bits per heavy atom. The van der Waals surface area contributed by atoms with Gasteiger partial charge in [0.1, 0.15) is 5.75 Å². The van der Waals surface area contributed by atoms with E-state index < -0.39 is 30.0 Å². The molecular formula is C12H11BrF3NO5. The van der Waals surface area contributed by atoms with Crippen LogP contribution in [0.5, 0.6) is 5.75 Å². The zero-order chi connectivity index (χ0) is 16.9. The Balaban J connectivity index is 2.94. The third-order valence-corrected chi connectivity index (χ3v) is 3.01. The summed E-state index contributed by atoms with van der Waals surface area (Å²) in [5.41, 5.74) is -0.190. The molecule has 0 aliphatic carbocycles. The molecule has 1 aromatic rings. The van der Waals surface area contributed by atoms with Crippen LogP contribution >= 0.6 is 15.9 Å². The molecule has 0 spiro atoms. The summed E-state index contributed by atoms with van der Waals surface area (Å²) in [4.78, 5) is 22.8. The van der Waals surface area contributed by atoms with Crippen LogP contribution in [0.25, 0.3) is 0 Å². The van der Waals surface area contributed by atoms with E-state index in [1.165, 1.54) is 19.2 Å². The summed E-state index contributed by atoms with van der Waals surface area (Å²) in [6.45, 7) is -0.288. The number of nitrogens with one attached hydrogen (secondary N) is 1. The maximum atomic E-state index is 12.2. The lowest BCUT2D eigenvalue weighted by atomic mass is 10.2. The van der Waals surface area contributed by atoms with Crippen molar-refractivity contribution in [3.05, 3.63) is 28.2 Å². The molecular weight excluding hydrogens is 375 g/mol. The molecule has 1 aromatic carbocycles. The van der Waals surface area contributed by atoms with Gasteiger partial charge in [0.15, 0.2) is 6.04 Å². The van der Waals surface area contributed by atoms with E-state index in [0.29, 0.717) is 0 Å². The molecule has 10 heteroatoms. The fourth-order valence-electron chi connectivity index (χ4n) is 1.43. The highest BCUT2D eigenvalue weighted by Crippen LogP contribution is 2.31. The van der Waals surface area contributed by atoms with Crippen molar-refractivity contribution in [1.82, 2.24) is 5.32 Å². The first kappa shape index (κ1) is 18.2. The molecule has 6 nitrogen and oxygen atoms in total. The minimum atomic E-state index is -4.92. The SMILES string of the molecule is COCC(NC(=O)c1ccc(Br)c(OC(F)(F)F)c1)C(=O)O. The second-order valence-corrected chi connectivity index (χ2v) is 4.87. The Morgan fingerprint density at radius 3 is 2.55 bits per heavy atom. The third-order valence-electron chi connectivity index (χ3n) is 2.36. The summed E-state index contributed by atoms with van der Waals surface area (Å²) >= 11 is 2.86. The van der Waals surface area contributed by atoms with Crippen molar-refractivity contribution in [3.8, 4) is 5.75 Å². The highest BCUT2D eigenvalue weighted by atomic mass is 79.9. The Bertz CT molecular complexity index is 564. The minimum absolute atomic E-state index is 0.00643. The van der Waals surface area contributed by atoms with Gasteiger partial charge in [-0.15, -0.1) is 13.2 Å². The molecule has 0 aromatic heterocycles. The van der Waals surface area contributed by atoms with Gasteiger partial charge in [0.05, 0.1) is 11.1 Å². The Hall–Kier alpha value is -1.81. The van der Waals surface area contributed by atoms with Crippen LogP contribution in [0, 0.1) is 0 Å². The lowest BCUT2D eigenvalue weighted by molar-refractivity contribution is -0.274. The van der Waals surface area contributed by atoms with Crippen LogP contribution in [0.3, 0.4) is 0 Å². The number of carboxylic acids is 1. The number of halogens is 4. The molecule has 2 N–H and O–H groups in total. The maximum absolute atomic E-state index is 12.2. The van der Waals surface area contributed by atoms with Crippen LogP contribution in [-0.4, -0.2) is 43.1 Å². The molecule has 0 bridgehead atoms. The summed E-state index contributed by atoms with van der Waals surface area (Å²) in [5, 5.41) is 11.0. The topological polar surface area (TPSA) is 84.9 Å². The fraction of sp³-hybridized carbons (Fsp3) is 0.333. The van der Waals surface area contributed by atoms with Gasteiger partial charge in [-0.25, -0.2) is 4.79 Å². The molecule has 1 unspecified atom stereocenters. The predicted octanol–water partition coefficient (Wildman–Crippen LogP) is 2.18. The van der Waals surface area contributed by atoms with Gasteiger partial charge in [-0.05, 0) is 34.1 Å². The molecule has 0 aliphatic heterocycles. The molecule has 22 heavy (non-hydrogen) atoms. The molecule has 1 atom stereocenters. The Kier molecular flexibility index (Phi) is 6.18. The quantitative estimate of drug-likeness (QED) is 0.783. The van der Waals surface area contributed by atoms with Crippen molar-refractivity contribution in [2.75, 3.05) is 13.7 Å². The molecule has 0 aliphatic rings.